The van der Waals surface area contributed by atoms with Crippen LogP contribution in [-0.4, -0.2) is 51.3 Å². The number of para-hydroxylation sites is 1. The quantitative estimate of drug-likeness (QED) is 0.560. The largest absolute Gasteiger partial charge is 0.379 e. The van der Waals surface area contributed by atoms with Crippen LogP contribution in [0.4, 0.5) is 10.5 Å². The molecule has 0 saturated carbocycles. The molecule has 1 aromatic rings. The number of morpholine rings is 1. The number of hydrogen-bond acceptors (Lipinski definition) is 5. The van der Waals surface area contributed by atoms with Crippen molar-refractivity contribution in [3.8, 4) is 0 Å². The molecule has 0 aromatic heterocycles. The van der Waals surface area contributed by atoms with E-state index in [2.05, 4.69) is 10.8 Å². The average molecular weight is 337 g/mol. The number of anilines is 1. The Kier molecular flexibility index (Phi) is 7.97. The summed E-state index contributed by atoms with van der Waals surface area (Å²) in [6, 6.07) is 9.24. The number of hydroxylamine groups is 1. The Morgan fingerprint density at radius 3 is 2.79 bits per heavy atom. The zero-order chi connectivity index (χ0) is 17.2. The van der Waals surface area contributed by atoms with Crippen molar-refractivity contribution >= 4 is 11.7 Å². The second-order valence-electron chi connectivity index (χ2n) is 5.42. The highest BCUT2D eigenvalue weighted by Crippen LogP contribution is 2.21. The van der Waals surface area contributed by atoms with Crippen LogP contribution >= 0.6 is 0 Å². The number of ether oxygens (including phenoxy) is 2. The van der Waals surface area contributed by atoms with Crippen molar-refractivity contribution in [2.45, 2.75) is 32.5 Å². The Morgan fingerprint density at radius 1 is 1.38 bits per heavy atom. The molecule has 24 heavy (non-hydrogen) atoms. The second-order valence-corrected chi connectivity index (χ2v) is 5.42. The van der Waals surface area contributed by atoms with Gasteiger partial charge in [-0.05, 0) is 26.0 Å². The van der Waals surface area contributed by atoms with E-state index in [-0.39, 0.29) is 12.1 Å². The van der Waals surface area contributed by atoms with Crippen molar-refractivity contribution in [3.63, 3.8) is 0 Å². The summed E-state index contributed by atoms with van der Waals surface area (Å²) in [5, 5.41) is 3.40. The van der Waals surface area contributed by atoms with Crippen molar-refractivity contribution < 1.29 is 19.1 Å². The molecule has 1 heterocycles. The SMILES string of the molecule is CCONC(=O)N(c1ccccc1)C(CC1COCCN1)OCC. The highest BCUT2D eigenvalue weighted by atomic mass is 16.7. The molecule has 1 aromatic carbocycles. The minimum absolute atomic E-state index is 0.140. The highest BCUT2D eigenvalue weighted by Gasteiger charge is 2.29. The molecule has 1 fully saturated rings. The van der Waals surface area contributed by atoms with Gasteiger partial charge in [0, 0.05) is 31.3 Å². The number of benzene rings is 1. The maximum atomic E-state index is 12.6. The second kappa shape index (κ2) is 10.2. The fraction of sp³-hybridized carbons (Fsp3) is 0.588. The Balaban J connectivity index is 2.17. The van der Waals surface area contributed by atoms with Gasteiger partial charge in [-0.15, -0.1) is 0 Å². The molecule has 2 N–H and O–H groups in total. The van der Waals surface area contributed by atoms with Crippen molar-refractivity contribution in [3.05, 3.63) is 30.3 Å². The first-order valence-corrected chi connectivity index (χ1v) is 8.45. The van der Waals surface area contributed by atoms with Gasteiger partial charge in [-0.1, -0.05) is 18.2 Å². The molecule has 7 heteroatoms. The standard InChI is InChI=1S/C17H27N3O4/c1-3-23-16(12-14-13-22-11-10-18-14)20(17(21)19-24-4-2)15-8-6-5-7-9-15/h5-9,14,16,18H,3-4,10-13H2,1-2H3,(H,19,21). The van der Waals surface area contributed by atoms with E-state index in [9.17, 15) is 4.79 Å². The minimum Gasteiger partial charge on any atom is -0.379 e. The van der Waals surface area contributed by atoms with Gasteiger partial charge in [0.15, 0.2) is 0 Å². The molecule has 1 aliphatic heterocycles. The summed E-state index contributed by atoms with van der Waals surface area (Å²) in [7, 11) is 0. The Hall–Kier alpha value is -1.67. The van der Waals surface area contributed by atoms with Gasteiger partial charge in [-0.2, -0.15) is 0 Å². The molecule has 0 bridgehead atoms. The molecule has 1 aliphatic rings. The number of nitrogens with one attached hydrogen (secondary N) is 2. The first-order chi connectivity index (χ1) is 11.8. The third-order valence-electron chi connectivity index (χ3n) is 3.69. The molecule has 0 radical (unpaired) electrons. The van der Waals surface area contributed by atoms with Crippen molar-refractivity contribution in [1.82, 2.24) is 10.8 Å². The first-order valence-electron chi connectivity index (χ1n) is 8.45. The summed E-state index contributed by atoms with van der Waals surface area (Å²) in [5.41, 5.74) is 3.22. The number of rotatable bonds is 8. The van der Waals surface area contributed by atoms with Crippen LogP contribution in [0.3, 0.4) is 0 Å². The number of hydrogen-bond donors (Lipinski definition) is 2. The summed E-state index contributed by atoms with van der Waals surface area (Å²) in [4.78, 5) is 19.3. The molecular formula is C17H27N3O4. The molecule has 0 aliphatic carbocycles. The predicted molar refractivity (Wildman–Crippen MR) is 91.7 cm³/mol. The van der Waals surface area contributed by atoms with Gasteiger partial charge >= 0.3 is 6.03 Å². The van der Waals surface area contributed by atoms with Crippen molar-refractivity contribution in [2.75, 3.05) is 37.9 Å². The van der Waals surface area contributed by atoms with E-state index in [1.54, 1.807) is 4.90 Å². The van der Waals surface area contributed by atoms with E-state index in [0.717, 1.165) is 12.2 Å². The van der Waals surface area contributed by atoms with Gasteiger partial charge in [-0.25, -0.2) is 10.3 Å². The molecule has 0 spiro atoms. The van der Waals surface area contributed by atoms with Gasteiger partial charge in [0.2, 0.25) is 0 Å². The van der Waals surface area contributed by atoms with Crippen molar-refractivity contribution in [2.24, 2.45) is 0 Å². The number of nitrogens with zero attached hydrogens (tertiary/aromatic N) is 1. The molecule has 2 rings (SSSR count). The summed E-state index contributed by atoms with van der Waals surface area (Å²) in [6.07, 6.45) is 0.208. The zero-order valence-electron chi connectivity index (χ0n) is 14.4. The first kappa shape index (κ1) is 18.7. The normalized spacial score (nSPS) is 18.8. The molecule has 2 atom stereocenters. The van der Waals surface area contributed by atoms with Crippen LogP contribution in [0.2, 0.25) is 0 Å². The van der Waals surface area contributed by atoms with Gasteiger partial charge in [0.05, 0.1) is 19.8 Å². The lowest BCUT2D eigenvalue weighted by Gasteiger charge is -2.34. The lowest BCUT2D eigenvalue weighted by molar-refractivity contribution is 0.0156. The van der Waals surface area contributed by atoms with Crippen LogP contribution in [-0.2, 0) is 14.3 Å². The Morgan fingerprint density at radius 2 is 2.17 bits per heavy atom. The van der Waals surface area contributed by atoms with Gasteiger partial charge in [0.1, 0.15) is 6.23 Å². The highest BCUT2D eigenvalue weighted by molar-refractivity contribution is 5.91. The molecule has 1 saturated heterocycles. The lowest BCUT2D eigenvalue weighted by atomic mass is 10.1. The molecule has 7 nitrogen and oxygen atoms in total. The number of amides is 2. The van der Waals surface area contributed by atoms with E-state index in [1.165, 1.54) is 0 Å². The van der Waals surface area contributed by atoms with Gasteiger partial charge < -0.3 is 14.8 Å². The fourth-order valence-electron chi connectivity index (χ4n) is 2.64. The number of carbonyl (C=O) groups is 1. The smallest absolute Gasteiger partial charge is 0.347 e. The molecule has 134 valence electrons. The van der Waals surface area contributed by atoms with E-state index in [4.69, 9.17) is 14.3 Å². The number of urea groups is 1. The van der Waals surface area contributed by atoms with Gasteiger partial charge in [-0.3, -0.25) is 9.74 Å². The third kappa shape index (κ3) is 5.45. The van der Waals surface area contributed by atoms with Crippen LogP contribution in [0.1, 0.15) is 20.3 Å². The minimum atomic E-state index is -0.419. The summed E-state index contributed by atoms with van der Waals surface area (Å²) >= 11 is 0. The zero-order valence-corrected chi connectivity index (χ0v) is 14.4. The topological polar surface area (TPSA) is 72.1 Å². The van der Waals surface area contributed by atoms with Crippen molar-refractivity contribution in [1.29, 1.82) is 0 Å². The third-order valence-corrected chi connectivity index (χ3v) is 3.69. The molecular weight excluding hydrogens is 310 g/mol. The summed E-state index contributed by atoms with van der Waals surface area (Å²) in [6.45, 7) is 6.76. The van der Waals surface area contributed by atoms with E-state index >= 15 is 0 Å². The van der Waals surface area contributed by atoms with Crippen LogP contribution in [0.5, 0.6) is 0 Å². The van der Waals surface area contributed by atoms with Crippen LogP contribution in [0.25, 0.3) is 0 Å². The number of carbonyl (C=O) groups excluding carboxylic acids is 1. The summed E-state index contributed by atoms with van der Waals surface area (Å²) < 4.78 is 11.4. The fourth-order valence-corrected chi connectivity index (χ4v) is 2.64. The van der Waals surface area contributed by atoms with Crippen LogP contribution in [0.15, 0.2) is 30.3 Å². The van der Waals surface area contributed by atoms with Crippen LogP contribution in [0, 0.1) is 0 Å². The maximum absolute atomic E-state index is 12.6. The maximum Gasteiger partial charge on any atom is 0.347 e. The van der Waals surface area contributed by atoms with Gasteiger partial charge in [0.25, 0.3) is 0 Å². The molecule has 2 amide bonds. The van der Waals surface area contributed by atoms with Crippen LogP contribution < -0.4 is 15.7 Å². The Bertz CT molecular complexity index is 480. The van der Waals surface area contributed by atoms with E-state index in [1.807, 2.05) is 44.2 Å². The molecule has 2 unspecified atom stereocenters. The summed E-state index contributed by atoms with van der Waals surface area (Å²) in [5.74, 6) is 0. The Labute approximate surface area is 143 Å². The predicted octanol–water partition coefficient (Wildman–Crippen LogP) is 1.90. The van der Waals surface area contributed by atoms with E-state index in [0.29, 0.717) is 32.8 Å². The van der Waals surface area contributed by atoms with E-state index < -0.39 is 6.23 Å². The monoisotopic (exact) mass is 337 g/mol. The average Bonchev–Trinajstić information content (AvgIpc) is 2.62. The lowest BCUT2D eigenvalue weighted by Crippen LogP contribution is -2.52.